The van der Waals surface area contributed by atoms with Crippen molar-refractivity contribution in [3.8, 4) is 0 Å². The SMILES string of the molecule is CCCCNC(=O)C(CC)N(Cc1ccc(F)cc1)C(=O)CN(c1ccc(Cl)c(C(F)(F)F)c1)S(C)(=O)=O. The number of benzene rings is 2. The summed E-state index contributed by atoms with van der Waals surface area (Å²) in [5.74, 6) is -1.81. The van der Waals surface area contributed by atoms with Crippen molar-refractivity contribution in [2.45, 2.75) is 51.9 Å². The fraction of sp³-hybridized carbons (Fsp3) is 0.440. The van der Waals surface area contributed by atoms with Gasteiger partial charge in [0.05, 0.1) is 22.5 Å². The third-order valence-electron chi connectivity index (χ3n) is 5.70. The summed E-state index contributed by atoms with van der Waals surface area (Å²) in [5.41, 5.74) is -1.21. The monoisotopic (exact) mass is 579 g/mol. The van der Waals surface area contributed by atoms with Crippen LogP contribution in [0.15, 0.2) is 42.5 Å². The summed E-state index contributed by atoms with van der Waals surface area (Å²) >= 11 is 5.67. The molecule has 0 spiro atoms. The lowest BCUT2D eigenvalue weighted by Crippen LogP contribution is -2.52. The predicted octanol–water partition coefficient (Wildman–Crippen LogP) is 4.99. The average molecular weight is 580 g/mol. The fourth-order valence-corrected chi connectivity index (χ4v) is 4.78. The Morgan fingerprint density at radius 2 is 1.71 bits per heavy atom. The number of carbonyl (C=O) groups excluding carboxylic acids is 2. The number of unbranched alkanes of at least 4 members (excludes halogenated alkanes) is 1. The number of alkyl halides is 3. The second-order valence-electron chi connectivity index (χ2n) is 8.65. The molecule has 2 aromatic carbocycles. The van der Waals surface area contributed by atoms with E-state index in [1.807, 2.05) is 6.92 Å². The van der Waals surface area contributed by atoms with Crippen LogP contribution in [0.25, 0.3) is 0 Å². The maximum absolute atomic E-state index is 13.5. The van der Waals surface area contributed by atoms with Crippen molar-refractivity contribution < 1.29 is 35.6 Å². The maximum atomic E-state index is 13.5. The number of nitrogens with one attached hydrogen (secondary N) is 1. The zero-order chi connectivity index (χ0) is 28.7. The highest BCUT2D eigenvalue weighted by atomic mass is 35.5. The molecular weight excluding hydrogens is 550 g/mol. The summed E-state index contributed by atoms with van der Waals surface area (Å²) in [6.07, 6.45) is -2.42. The number of nitrogens with zero attached hydrogens (tertiary/aromatic N) is 2. The number of sulfonamides is 1. The topological polar surface area (TPSA) is 86.8 Å². The van der Waals surface area contributed by atoms with Gasteiger partial charge in [0.15, 0.2) is 0 Å². The van der Waals surface area contributed by atoms with Crippen molar-refractivity contribution in [2.24, 2.45) is 0 Å². The summed E-state index contributed by atoms with van der Waals surface area (Å²) in [5, 5.41) is 2.12. The van der Waals surface area contributed by atoms with Gasteiger partial charge < -0.3 is 10.2 Å². The van der Waals surface area contributed by atoms with E-state index in [0.29, 0.717) is 28.9 Å². The quantitative estimate of drug-likeness (QED) is 0.284. The van der Waals surface area contributed by atoms with E-state index in [2.05, 4.69) is 5.32 Å². The molecule has 0 aromatic heterocycles. The highest BCUT2D eigenvalue weighted by Crippen LogP contribution is 2.37. The number of hydrogen-bond acceptors (Lipinski definition) is 4. The van der Waals surface area contributed by atoms with Crippen molar-refractivity contribution in [3.05, 3.63) is 64.4 Å². The summed E-state index contributed by atoms with van der Waals surface area (Å²) in [6.45, 7) is 2.93. The van der Waals surface area contributed by atoms with Crippen LogP contribution in [-0.4, -0.2) is 50.5 Å². The predicted molar refractivity (Wildman–Crippen MR) is 138 cm³/mol. The molecule has 0 aliphatic carbocycles. The van der Waals surface area contributed by atoms with E-state index in [1.165, 1.54) is 24.3 Å². The van der Waals surface area contributed by atoms with Gasteiger partial charge in [-0.3, -0.25) is 13.9 Å². The van der Waals surface area contributed by atoms with Crippen molar-refractivity contribution in [3.63, 3.8) is 0 Å². The Hall–Kier alpha value is -2.86. The Bertz CT molecular complexity index is 1220. The second kappa shape index (κ2) is 13.3. The highest BCUT2D eigenvalue weighted by Gasteiger charge is 2.36. The van der Waals surface area contributed by atoms with Gasteiger partial charge in [0.25, 0.3) is 0 Å². The van der Waals surface area contributed by atoms with Gasteiger partial charge >= 0.3 is 6.18 Å². The lowest BCUT2D eigenvalue weighted by molar-refractivity contribution is -0.140. The van der Waals surface area contributed by atoms with Gasteiger partial charge in [0, 0.05) is 13.1 Å². The Labute approximate surface area is 224 Å². The van der Waals surface area contributed by atoms with Crippen LogP contribution in [0.1, 0.15) is 44.2 Å². The van der Waals surface area contributed by atoms with Crippen molar-refractivity contribution >= 4 is 39.1 Å². The molecule has 0 saturated carbocycles. The molecule has 1 unspecified atom stereocenters. The highest BCUT2D eigenvalue weighted by molar-refractivity contribution is 7.92. The molecule has 1 atom stereocenters. The van der Waals surface area contributed by atoms with Crippen LogP contribution in [-0.2, 0) is 32.3 Å². The van der Waals surface area contributed by atoms with Gasteiger partial charge in [-0.25, -0.2) is 12.8 Å². The lowest BCUT2D eigenvalue weighted by Gasteiger charge is -2.33. The summed E-state index contributed by atoms with van der Waals surface area (Å²) in [6, 6.07) is 6.68. The van der Waals surface area contributed by atoms with Gasteiger partial charge in [-0.15, -0.1) is 0 Å². The first-order valence-electron chi connectivity index (χ1n) is 11.8. The van der Waals surface area contributed by atoms with Crippen molar-refractivity contribution in [1.29, 1.82) is 0 Å². The van der Waals surface area contributed by atoms with Gasteiger partial charge in [-0.05, 0) is 48.7 Å². The molecule has 0 aliphatic heterocycles. The number of hydrogen-bond donors (Lipinski definition) is 1. The first-order chi connectivity index (χ1) is 17.7. The number of halogens is 5. The molecule has 210 valence electrons. The third-order valence-corrected chi connectivity index (χ3v) is 7.17. The Morgan fingerprint density at radius 1 is 1.08 bits per heavy atom. The molecule has 0 fully saturated rings. The minimum atomic E-state index is -4.86. The lowest BCUT2D eigenvalue weighted by atomic mass is 10.1. The molecule has 13 heteroatoms. The molecule has 0 heterocycles. The molecular formula is C25H30ClF4N3O4S. The van der Waals surface area contributed by atoms with E-state index in [4.69, 9.17) is 11.6 Å². The van der Waals surface area contributed by atoms with Gasteiger partial charge in [0.1, 0.15) is 18.4 Å². The number of carbonyl (C=O) groups is 2. The second-order valence-corrected chi connectivity index (χ2v) is 11.0. The van der Waals surface area contributed by atoms with Crippen LogP contribution in [0.3, 0.4) is 0 Å². The Kier molecular flexibility index (Phi) is 11.0. The van der Waals surface area contributed by atoms with E-state index in [-0.39, 0.29) is 13.0 Å². The summed E-state index contributed by atoms with van der Waals surface area (Å²) in [4.78, 5) is 27.6. The van der Waals surface area contributed by atoms with Crippen molar-refractivity contribution in [1.82, 2.24) is 10.2 Å². The Morgan fingerprint density at radius 3 is 2.24 bits per heavy atom. The standard InChI is InChI=1S/C25H30ClF4N3O4S/c1-4-6-13-31-24(35)22(5-2)32(15-17-7-9-18(27)10-8-17)23(34)16-33(38(3,36)37)19-11-12-21(26)20(14-19)25(28,29)30/h7-12,14,22H,4-6,13,15-16H2,1-3H3,(H,31,35). The zero-order valence-corrected chi connectivity index (χ0v) is 22.8. The molecule has 7 nitrogen and oxygen atoms in total. The van der Waals surface area contributed by atoms with Crippen LogP contribution in [0.2, 0.25) is 5.02 Å². The van der Waals surface area contributed by atoms with Crippen LogP contribution < -0.4 is 9.62 Å². The van der Waals surface area contributed by atoms with E-state index < -0.39 is 62.7 Å². The summed E-state index contributed by atoms with van der Waals surface area (Å²) < 4.78 is 79.4. The molecule has 2 rings (SSSR count). The van der Waals surface area contributed by atoms with Gasteiger partial charge in [0.2, 0.25) is 21.8 Å². The van der Waals surface area contributed by atoms with Crippen LogP contribution in [0.4, 0.5) is 23.2 Å². The fourth-order valence-electron chi connectivity index (χ4n) is 3.71. The van der Waals surface area contributed by atoms with Crippen LogP contribution >= 0.6 is 11.6 Å². The number of anilines is 1. The smallest absolute Gasteiger partial charge is 0.354 e. The molecule has 38 heavy (non-hydrogen) atoms. The van der Waals surface area contributed by atoms with Gasteiger partial charge in [-0.2, -0.15) is 13.2 Å². The first kappa shape index (κ1) is 31.4. The molecule has 0 saturated heterocycles. The van der Waals surface area contributed by atoms with E-state index >= 15 is 0 Å². The zero-order valence-electron chi connectivity index (χ0n) is 21.2. The van der Waals surface area contributed by atoms with Crippen molar-refractivity contribution in [2.75, 3.05) is 23.7 Å². The van der Waals surface area contributed by atoms with Crippen LogP contribution in [0, 0.1) is 5.82 Å². The average Bonchev–Trinajstić information content (AvgIpc) is 2.82. The Balaban J connectivity index is 2.48. The minimum absolute atomic E-state index is 0.162. The third kappa shape index (κ3) is 8.59. The minimum Gasteiger partial charge on any atom is -0.354 e. The van der Waals surface area contributed by atoms with Crippen LogP contribution in [0.5, 0.6) is 0 Å². The normalized spacial score (nSPS) is 12.6. The number of rotatable bonds is 12. The molecule has 0 radical (unpaired) electrons. The first-order valence-corrected chi connectivity index (χ1v) is 14.1. The molecule has 2 amide bonds. The number of amides is 2. The molecule has 0 bridgehead atoms. The molecule has 2 aromatic rings. The van der Waals surface area contributed by atoms with E-state index in [9.17, 15) is 35.6 Å². The molecule has 0 aliphatic rings. The maximum Gasteiger partial charge on any atom is 0.417 e. The van der Waals surface area contributed by atoms with E-state index in [1.54, 1.807) is 6.92 Å². The summed E-state index contributed by atoms with van der Waals surface area (Å²) in [7, 11) is -4.25. The molecule has 1 N–H and O–H groups in total. The largest absolute Gasteiger partial charge is 0.417 e. The van der Waals surface area contributed by atoms with Gasteiger partial charge in [-0.1, -0.05) is 44.0 Å². The van der Waals surface area contributed by atoms with E-state index in [0.717, 1.165) is 29.7 Å².